The maximum absolute atomic E-state index is 13.7. The van der Waals surface area contributed by atoms with Gasteiger partial charge in [0, 0.05) is 6.54 Å². The Morgan fingerprint density at radius 3 is 2.74 bits per heavy atom. The molecule has 4 nitrogen and oxygen atoms in total. The SMILES string of the molecule is CCCNc1ncc(F)c(OC2CCCCCC2)n1. The Bertz CT molecular complexity index is 392. The van der Waals surface area contributed by atoms with Crippen molar-refractivity contribution >= 4 is 5.95 Å². The average Bonchev–Trinajstić information content (AvgIpc) is 2.68. The van der Waals surface area contributed by atoms with Crippen LogP contribution in [0.3, 0.4) is 0 Å². The van der Waals surface area contributed by atoms with Crippen molar-refractivity contribution < 1.29 is 9.13 Å². The van der Waals surface area contributed by atoms with Crippen LogP contribution in [0.5, 0.6) is 5.88 Å². The fourth-order valence-electron chi connectivity index (χ4n) is 2.27. The zero-order valence-corrected chi connectivity index (χ0v) is 11.5. The second kappa shape index (κ2) is 7.26. The average molecular weight is 267 g/mol. The summed E-state index contributed by atoms with van der Waals surface area (Å²) in [6, 6.07) is 0. The summed E-state index contributed by atoms with van der Waals surface area (Å²) in [5.74, 6) is 0.0404. The minimum Gasteiger partial charge on any atom is -0.472 e. The molecule has 1 aliphatic rings. The highest BCUT2D eigenvalue weighted by Crippen LogP contribution is 2.23. The van der Waals surface area contributed by atoms with Gasteiger partial charge in [-0.15, -0.1) is 0 Å². The third kappa shape index (κ3) is 4.33. The smallest absolute Gasteiger partial charge is 0.255 e. The van der Waals surface area contributed by atoms with E-state index < -0.39 is 5.82 Å². The maximum Gasteiger partial charge on any atom is 0.255 e. The molecule has 106 valence electrons. The van der Waals surface area contributed by atoms with Crippen LogP contribution in [0.15, 0.2) is 6.20 Å². The Labute approximate surface area is 113 Å². The molecule has 19 heavy (non-hydrogen) atoms. The molecule has 0 radical (unpaired) electrons. The first kappa shape index (κ1) is 14.0. The molecule has 5 heteroatoms. The highest BCUT2D eigenvalue weighted by Gasteiger charge is 2.17. The van der Waals surface area contributed by atoms with Crippen molar-refractivity contribution in [2.75, 3.05) is 11.9 Å². The summed E-state index contributed by atoms with van der Waals surface area (Å²) >= 11 is 0. The Morgan fingerprint density at radius 2 is 2.05 bits per heavy atom. The second-order valence-electron chi connectivity index (χ2n) is 5.00. The van der Waals surface area contributed by atoms with Crippen LogP contribution >= 0.6 is 0 Å². The van der Waals surface area contributed by atoms with Crippen LogP contribution in [-0.4, -0.2) is 22.6 Å². The van der Waals surface area contributed by atoms with E-state index in [0.717, 1.165) is 38.6 Å². The number of hydrogen-bond acceptors (Lipinski definition) is 4. The molecule has 1 aromatic rings. The fourth-order valence-corrected chi connectivity index (χ4v) is 2.27. The minimum atomic E-state index is -0.480. The Morgan fingerprint density at radius 1 is 1.32 bits per heavy atom. The molecule has 1 saturated carbocycles. The van der Waals surface area contributed by atoms with Crippen LogP contribution in [0.4, 0.5) is 10.3 Å². The van der Waals surface area contributed by atoms with E-state index in [-0.39, 0.29) is 12.0 Å². The fraction of sp³-hybridized carbons (Fsp3) is 0.714. The first-order valence-electron chi connectivity index (χ1n) is 7.22. The lowest BCUT2D eigenvalue weighted by Crippen LogP contribution is -2.17. The summed E-state index contributed by atoms with van der Waals surface area (Å²) in [5, 5.41) is 3.04. The van der Waals surface area contributed by atoms with Gasteiger partial charge in [-0.25, -0.2) is 4.98 Å². The van der Waals surface area contributed by atoms with Gasteiger partial charge in [-0.1, -0.05) is 19.8 Å². The predicted molar refractivity (Wildman–Crippen MR) is 72.9 cm³/mol. The van der Waals surface area contributed by atoms with Crippen LogP contribution in [0.1, 0.15) is 51.9 Å². The maximum atomic E-state index is 13.7. The molecule has 0 amide bonds. The molecule has 0 atom stereocenters. The number of nitrogens with one attached hydrogen (secondary N) is 1. The highest BCUT2D eigenvalue weighted by atomic mass is 19.1. The molecule has 1 aliphatic carbocycles. The van der Waals surface area contributed by atoms with E-state index in [1.165, 1.54) is 19.0 Å². The van der Waals surface area contributed by atoms with Crippen molar-refractivity contribution in [1.82, 2.24) is 9.97 Å². The number of aromatic nitrogens is 2. The van der Waals surface area contributed by atoms with Crippen molar-refractivity contribution in [1.29, 1.82) is 0 Å². The van der Waals surface area contributed by atoms with Crippen molar-refractivity contribution in [3.8, 4) is 5.88 Å². The molecule has 0 spiro atoms. The first-order chi connectivity index (χ1) is 9.29. The quantitative estimate of drug-likeness (QED) is 0.829. The van der Waals surface area contributed by atoms with Crippen LogP contribution < -0.4 is 10.1 Å². The molecule has 0 aromatic carbocycles. The van der Waals surface area contributed by atoms with Gasteiger partial charge in [-0.05, 0) is 32.1 Å². The lowest BCUT2D eigenvalue weighted by Gasteiger charge is -2.16. The van der Waals surface area contributed by atoms with Gasteiger partial charge in [-0.3, -0.25) is 0 Å². The molecule has 0 bridgehead atoms. The van der Waals surface area contributed by atoms with Gasteiger partial charge in [0.2, 0.25) is 11.8 Å². The third-order valence-electron chi connectivity index (χ3n) is 3.33. The number of anilines is 1. The molecular formula is C14H22FN3O. The van der Waals surface area contributed by atoms with Crippen LogP contribution in [0, 0.1) is 5.82 Å². The van der Waals surface area contributed by atoms with Crippen LogP contribution in [-0.2, 0) is 0 Å². The predicted octanol–water partition coefficient (Wildman–Crippen LogP) is 3.54. The van der Waals surface area contributed by atoms with E-state index in [2.05, 4.69) is 22.2 Å². The molecule has 2 rings (SSSR count). The van der Waals surface area contributed by atoms with Crippen molar-refractivity contribution in [2.45, 2.75) is 58.0 Å². The first-order valence-corrected chi connectivity index (χ1v) is 7.22. The minimum absolute atomic E-state index is 0.0838. The lowest BCUT2D eigenvalue weighted by atomic mass is 10.1. The van der Waals surface area contributed by atoms with Crippen molar-refractivity contribution in [3.05, 3.63) is 12.0 Å². The molecule has 0 unspecified atom stereocenters. The van der Waals surface area contributed by atoms with Crippen molar-refractivity contribution in [3.63, 3.8) is 0 Å². The molecule has 1 N–H and O–H groups in total. The Balaban J connectivity index is 2.00. The number of nitrogens with zero attached hydrogens (tertiary/aromatic N) is 2. The number of rotatable bonds is 5. The van der Waals surface area contributed by atoms with Crippen LogP contribution in [0.2, 0.25) is 0 Å². The highest BCUT2D eigenvalue weighted by molar-refractivity contribution is 5.28. The zero-order chi connectivity index (χ0) is 13.5. The Kier molecular flexibility index (Phi) is 5.36. The monoisotopic (exact) mass is 267 g/mol. The third-order valence-corrected chi connectivity index (χ3v) is 3.33. The van der Waals surface area contributed by atoms with Gasteiger partial charge >= 0.3 is 0 Å². The van der Waals surface area contributed by atoms with Gasteiger partial charge in [0.25, 0.3) is 5.88 Å². The largest absolute Gasteiger partial charge is 0.472 e. The summed E-state index contributed by atoms with van der Waals surface area (Å²) in [4.78, 5) is 8.03. The summed E-state index contributed by atoms with van der Waals surface area (Å²) in [7, 11) is 0. The van der Waals surface area contributed by atoms with E-state index in [0.29, 0.717) is 5.95 Å². The van der Waals surface area contributed by atoms with E-state index in [1.54, 1.807) is 0 Å². The number of ether oxygens (including phenoxy) is 1. The normalized spacial score (nSPS) is 16.9. The summed E-state index contributed by atoms with van der Waals surface area (Å²) in [5.41, 5.74) is 0. The summed E-state index contributed by atoms with van der Waals surface area (Å²) < 4.78 is 19.4. The second-order valence-corrected chi connectivity index (χ2v) is 5.00. The van der Waals surface area contributed by atoms with Gasteiger partial charge in [0.15, 0.2) is 0 Å². The summed E-state index contributed by atoms with van der Waals surface area (Å²) in [6.45, 7) is 2.83. The molecule has 1 fully saturated rings. The molecule has 1 aromatic heterocycles. The molecule has 0 aliphatic heterocycles. The van der Waals surface area contributed by atoms with E-state index >= 15 is 0 Å². The van der Waals surface area contributed by atoms with Gasteiger partial charge < -0.3 is 10.1 Å². The summed E-state index contributed by atoms with van der Waals surface area (Å²) in [6.07, 6.45) is 9.01. The van der Waals surface area contributed by atoms with Crippen LogP contribution in [0.25, 0.3) is 0 Å². The molecule has 0 saturated heterocycles. The molecular weight excluding hydrogens is 245 g/mol. The zero-order valence-electron chi connectivity index (χ0n) is 11.5. The van der Waals surface area contributed by atoms with Crippen molar-refractivity contribution in [2.24, 2.45) is 0 Å². The number of halogens is 1. The Hall–Kier alpha value is -1.39. The standard InChI is InChI=1S/C14H22FN3O/c1-2-9-16-14-17-10-12(15)13(18-14)19-11-7-5-3-4-6-8-11/h10-11H,2-9H2,1H3,(H,16,17,18). The molecule has 1 heterocycles. The lowest BCUT2D eigenvalue weighted by molar-refractivity contribution is 0.167. The van der Waals surface area contributed by atoms with Gasteiger partial charge in [0.1, 0.15) is 6.10 Å². The van der Waals surface area contributed by atoms with Gasteiger partial charge in [0.05, 0.1) is 6.20 Å². The number of hydrogen-bond donors (Lipinski definition) is 1. The topological polar surface area (TPSA) is 47.0 Å². The van der Waals surface area contributed by atoms with E-state index in [9.17, 15) is 4.39 Å². The van der Waals surface area contributed by atoms with E-state index in [4.69, 9.17) is 4.74 Å². The van der Waals surface area contributed by atoms with Gasteiger partial charge in [-0.2, -0.15) is 9.37 Å². The van der Waals surface area contributed by atoms with E-state index in [1.807, 2.05) is 0 Å².